The Morgan fingerprint density at radius 2 is 1.92 bits per heavy atom. The Kier molecular flexibility index (Phi) is 9.27. The number of rotatable bonds is 11. The van der Waals surface area contributed by atoms with Gasteiger partial charge in [-0.25, -0.2) is 13.8 Å². The van der Waals surface area contributed by atoms with Gasteiger partial charge in [-0.15, -0.1) is 0 Å². The highest BCUT2D eigenvalue weighted by Gasteiger charge is 2.37. The predicted octanol–water partition coefficient (Wildman–Crippen LogP) is 2.34. The van der Waals surface area contributed by atoms with Crippen LogP contribution in [0.25, 0.3) is 0 Å². The van der Waals surface area contributed by atoms with Gasteiger partial charge in [0.2, 0.25) is 5.91 Å². The molecule has 2 heterocycles. The van der Waals surface area contributed by atoms with E-state index < -0.39 is 17.2 Å². The zero-order valence-electron chi connectivity index (χ0n) is 21.3. The molecular weight excluding hydrogens is 498 g/mol. The minimum absolute atomic E-state index is 0.00672. The van der Waals surface area contributed by atoms with E-state index in [2.05, 4.69) is 4.98 Å². The van der Waals surface area contributed by atoms with Gasteiger partial charge < -0.3 is 28.8 Å². The normalized spacial score (nSPS) is 18.3. The van der Waals surface area contributed by atoms with Crippen molar-refractivity contribution in [3.05, 3.63) is 78.4 Å². The van der Waals surface area contributed by atoms with Crippen molar-refractivity contribution >= 4 is 5.91 Å². The van der Waals surface area contributed by atoms with Crippen LogP contribution < -0.4 is 9.47 Å². The van der Waals surface area contributed by atoms with E-state index in [-0.39, 0.29) is 38.0 Å². The summed E-state index contributed by atoms with van der Waals surface area (Å²) >= 11 is 0. The number of benzene rings is 2. The molecule has 1 atom stereocenters. The molecule has 1 aromatic heterocycles. The zero-order valence-corrected chi connectivity index (χ0v) is 21.3. The van der Waals surface area contributed by atoms with Crippen LogP contribution in [0, 0.1) is 11.6 Å². The number of amides is 1. The number of carbonyl (C=O) groups is 1. The quantitative estimate of drug-likeness (QED) is 0.407. The Morgan fingerprint density at radius 3 is 2.68 bits per heavy atom. The molecule has 11 heteroatoms. The van der Waals surface area contributed by atoms with Gasteiger partial charge in [0.05, 0.1) is 19.4 Å². The van der Waals surface area contributed by atoms with E-state index in [1.165, 1.54) is 18.1 Å². The first-order chi connectivity index (χ1) is 18.3. The second-order valence-electron chi connectivity index (χ2n) is 9.34. The van der Waals surface area contributed by atoms with Crippen molar-refractivity contribution < 1.29 is 32.9 Å². The third kappa shape index (κ3) is 7.73. The zero-order chi connectivity index (χ0) is 27.0. The highest BCUT2D eigenvalue weighted by molar-refractivity contribution is 5.77. The first kappa shape index (κ1) is 27.5. The number of hydrogen-bond donors (Lipinski definition) is 1. The maximum atomic E-state index is 13.6. The molecule has 0 radical (unpaired) electrons. The van der Waals surface area contributed by atoms with E-state index in [0.717, 1.165) is 23.4 Å². The van der Waals surface area contributed by atoms with Crippen LogP contribution in [0.5, 0.6) is 11.5 Å². The SMILES string of the molecule is COCC(=O)N1CCN(Cc2cccc(OCCn3ccnc3)c2)C[C@](O)(COc2ccc(F)c(F)c2)C1. The van der Waals surface area contributed by atoms with Crippen LogP contribution in [-0.4, -0.2) is 89.1 Å². The number of hydrogen-bond acceptors (Lipinski definition) is 7. The molecule has 1 saturated heterocycles. The lowest BCUT2D eigenvalue weighted by molar-refractivity contribution is -0.138. The largest absolute Gasteiger partial charge is 0.492 e. The summed E-state index contributed by atoms with van der Waals surface area (Å²) in [5, 5.41) is 11.5. The van der Waals surface area contributed by atoms with E-state index in [9.17, 15) is 18.7 Å². The lowest BCUT2D eigenvalue weighted by Gasteiger charge is -2.33. The number of carbonyl (C=O) groups excluding carboxylic acids is 1. The van der Waals surface area contributed by atoms with Gasteiger partial charge in [-0.2, -0.15) is 0 Å². The molecule has 0 saturated carbocycles. The fraction of sp³-hybridized carbons (Fsp3) is 0.407. The van der Waals surface area contributed by atoms with Gasteiger partial charge in [-0.1, -0.05) is 12.1 Å². The van der Waals surface area contributed by atoms with Crippen LogP contribution in [0.1, 0.15) is 5.56 Å². The lowest BCUT2D eigenvalue weighted by atomic mass is 10.0. The molecule has 1 aliphatic rings. The van der Waals surface area contributed by atoms with E-state index in [1.807, 2.05) is 39.9 Å². The number of β-amino-alcohol motifs (C(OH)–C–C–N with tert-alkyl or cyclic N) is 1. The number of ether oxygens (including phenoxy) is 3. The summed E-state index contributed by atoms with van der Waals surface area (Å²) in [6.45, 7) is 2.42. The molecule has 4 rings (SSSR count). The third-order valence-electron chi connectivity index (χ3n) is 6.19. The highest BCUT2D eigenvalue weighted by atomic mass is 19.2. The van der Waals surface area contributed by atoms with Crippen LogP contribution in [0.3, 0.4) is 0 Å². The standard InChI is InChI=1S/C27H32F2N4O5/c1-36-16-26(34)33-10-9-32(17-27(35,18-33)19-38-23-5-6-24(28)25(29)14-23)15-21-3-2-4-22(13-21)37-12-11-31-8-7-30-20-31/h2-8,13-14,20,35H,9-12,15-19H2,1H3/t27-/m1/s1. The van der Waals surface area contributed by atoms with Crippen molar-refractivity contribution in [2.75, 3.05) is 53.1 Å². The topological polar surface area (TPSA) is 89.3 Å². The van der Waals surface area contributed by atoms with Gasteiger partial charge in [0.1, 0.15) is 36.9 Å². The van der Waals surface area contributed by atoms with E-state index >= 15 is 0 Å². The Morgan fingerprint density at radius 1 is 1.08 bits per heavy atom. The van der Waals surface area contributed by atoms with Crippen molar-refractivity contribution in [2.45, 2.75) is 18.7 Å². The minimum atomic E-state index is -1.47. The van der Waals surface area contributed by atoms with Crippen LogP contribution in [-0.2, 0) is 22.6 Å². The molecule has 0 unspecified atom stereocenters. The Balaban J connectivity index is 1.43. The number of aliphatic hydroxyl groups is 1. The van der Waals surface area contributed by atoms with Crippen molar-refractivity contribution in [1.29, 1.82) is 0 Å². The number of aromatic nitrogens is 2. The molecule has 38 heavy (non-hydrogen) atoms. The molecule has 3 aromatic rings. The number of halogens is 2. The number of nitrogens with zero attached hydrogens (tertiary/aromatic N) is 4. The fourth-order valence-electron chi connectivity index (χ4n) is 4.36. The Hall–Kier alpha value is -3.54. The van der Waals surface area contributed by atoms with Crippen LogP contribution in [0.15, 0.2) is 61.2 Å². The molecule has 2 aromatic carbocycles. The maximum Gasteiger partial charge on any atom is 0.248 e. The third-order valence-corrected chi connectivity index (χ3v) is 6.19. The molecule has 204 valence electrons. The van der Waals surface area contributed by atoms with Gasteiger partial charge in [-0.3, -0.25) is 9.69 Å². The molecule has 1 fully saturated rings. The van der Waals surface area contributed by atoms with Gasteiger partial charge in [-0.05, 0) is 29.8 Å². The predicted molar refractivity (Wildman–Crippen MR) is 135 cm³/mol. The molecule has 9 nitrogen and oxygen atoms in total. The molecule has 1 amide bonds. The first-order valence-electron chi connectivity index (χ1n) is 12.3. The summed E-state index contributed by atoms with van der Waals surface area (Å²) in [7, 11) is 1.44. The second kappa shape index (κ2) is 12.8. The monoisotopic (exact) mass is 530 g/mol. The minimum Gasteiger partial charge on any atom is -0.492 e. The molecule has 1 aliphatic heterocycles. The fourth-order valence-corrected chi connectivity index (χ4v) is 4.36. The maximum absolute atomic E-state index is 13.6. The Bertz CT molecular complexity index is 1200. The molecule has 0 aliphatic carbocycles. The molecule has 0 bridgehead atoms. The summed E-state index contributed by atoms with van der Waals surface area (Å²) in [5.74, 6) is -1.47. The van der Waals surface area contributed by atoms with Gasteiger partial charge in [0, 0.05) is 51.7 Å². The summed E-state index contributed by atoms with van der Waals surface area (Å²) in [6.07, 6.45) is 5.32. The second-order valence-corrected chi connectivity index (χ2v) is 9.34. The first-order valence-corrected chi connectivity index (χ1v) is 12.3. The van der Waals surface area contributed by atoms with Crippen molar-refractivity contribution in [3.63, 3.8) is 0 Å². The van der Waals surface area contributed by atoms with Crippen molar-refractivity contribution in [3.8, 4) is 11.5 Å². The summed E-state index contributed by atoms with van der Waals surface area (Å²) in [6, 6.07) is 10.9. The average molecular weight is 531 g/mol. The van der Waals surface area contributed by atoms with Gasteiger partial charge in [0.25, 0.3) is 0 Å². The van der Waals surface area contributed by atoms with Crippen molar-refractivity contribution in [2.24, 2.45) is 0 Å². The number of imidazole rings is 1. The highest BCUT2D eigenvalue weighted by Crippen LogP contribution is 2.22. The van der Waals surface area contributed by atoms with E-state index in [4.69, 9.17) is 14.2 Å². The Labute approximate surface area is 220 Å². The van der Waals surface area contributed by atoms with E-state index in [0.29, 0.717) is 32.8 Å². The molecule has 0 spiro atoms. The van der Waals surface area contributed by atoms with E-state index in [1.54, 1.807) is 12.5 Å². The number of methoxy groups -OCH3 is 1. The lowest BCUT2D eigenvalue weighted by Crippen LogP contribution is -2.52. The van der Waals surface area contributed by atoms with Gasteiger partial charge >= 0.3 is 0 Å². The van der Waals surface area contributed by atoms with Gasteiger partial charge in [0.15, 0.2) is 11.6 Å². The van der Waals surface area contributed by atoms with Crippen LogP contribution >= 0.6 is 0 Å². The van der Waals surface area contributed by atoms with Crippen molar-refractivity contribution in [1.82, 2.24) is 19.4 Å². The molecule has 1 N–H and O–H groups in total. The molecular formula is C27H32F2N4O5. The van der Waals surface area contributed by atoms with Crippen LogP contribution in [0.4, 0.5) is 8.78 Å². The van der Waals surface area contributed by atoms with Crippen LogP contribution in [0.2, 0.25) is 0 Å². The smallest absolute Gasteiger partial charge is 0.248 e. The summed E-state index contributed by atoms with van der Waals surface area (Å²) in [5.41, 5.74) is -0.491. The summed E-state index contributed by atoms with van der Waals surface area (Å²) in [4.78, 5) is 20.2. The average Bonchev–Trinajstić information content (AvgIpc) is 3.35. The summed E-state index contributed by atoms with van der Waals surface area (Å²) < 4.78 is 45.4.